The number of H-pyrrole nitrogens is 1. The molecule has 1 N–H and O–H groups in total. The van der Waals surface area contributed by atoms with Crippen LogP contribution in [0.2, 0.25) is 0 Å². The first-order chi connectivity index (χ1) is 17.1. The molecule has 0 saturated carbocycles. The molecule has 9 heteroatoms. The lowest BCUT2D eigenvalue weighted by molar-refractivity contribution is 0.0633. The van der Waals surface area contributed by atoms with Crippen molar-refractivity contribution in [3.63, 3.8) is 0 Å². The summed E-state index contributed by atoms with van der Waals surface area (Å²) in [5.74, 6) is 0.0544. The summed E-state index contributed by atoms with van der Waals surface area (Å²) >= 11 is 0. The van der Waals surface area contributed by atoms with Gasteiger partial charge in [0.1, 0.15) is 0 Å². The van der Waals surface area contributed by atoms with Crippen LogP contribution in [0, 0.1) is 6.92 Å². The minimum absolute atomic E-state index is 0. The Hall–Kier alpha value is -2.75. The molecule has 0 radical (unpaired) electrons. The number of aromatic amines is 1. The molecule has 0 spiro atoms. The van der Waals surface area contributed by atoms with Crippen molar-refractivity contribution in [3.8, 4) is 0 Å². The van der Waals surface area contributed by atoms with Crippen LogP contribution in [0.25, 0.3) is 21.8 Å². The Morgan fingerprint density at radius 1 is 1.17 bits per heavy atom. The molecule has 0 aliphatic carbocycles. The van der Waals surface area contributed by atoms with Gasteiger partial charge in [0.2, 0.25) is 0 Å². The van der Waals surface area contributed by atoms with E-state index in [1.54, 1.807) is 13.3 Å². The molecule has 2 saturated heterocycles. The van der Waals surface area contributed by atoms with Crippen molar-refractivity contribution in [1.29, 1.82) is 0 Å². The molecule has 2 aromatic heterocycles. The van der Waals surface area contributed by atoms with Crippen LogP contribution in [0.4, 0.5) is 0 Å². The number of methoxy groups -OCH3 is 1. The maximum atomic E-state index is 13.6. The molecular weight excluding hydrogens is 458 g/mol. The lowest BCUT2D eigenvalue weighted by Gasteiger charge is -2.35. The van der Waals surface area contributed by atoms with Gasteiger partial charge in [0, 0.05) is 57.5 Å². The van der Waals surface area contributed by atoms with Gasteiger partial charge in [0.15, 0.2) is 0 Å². The van der Waals surface area contributed by atoms with E-state index in [0.29, 0.717) is 24.2 Å². The standard InChI is InChI=1S/C26H35N5O4.CH4/c1-18-14-23-21(24-22(25(32)28-23)16-27-31(24)19-6-13-35-17-19)15-20(18)26(33)30-10-8-29(9-11-30)7-4-3-5-12-34-2;/h14-16,19H,3-13,17H2,1-2H3,(H,28,32);1H4/t19-;/m0./s1. The molecule has 2 aliphatic rings. The Morgan fingerprint density at radius 3 is 2.69 bits per heavy atom. The van der Waals surface area contributed by atoms with Crippen LogP contribution in [0.1, 0.15) is 55.1 Å². The summed E-state index contributed by atoms with van der Waals surface area (Å²) in [5.41, 5.74) is 2.92. The van der Waals surface area contributed by atoms with E-state index >= 15 is 0 Å². The zero-order valence-corrected chi connectivity index (χ0v) is 20.7. The zero-order chi connectivity index (χ0) is 24.4. The summed E-state index contributed by atoms with van der Waals surface area (Å²) in [6.45, 7) is 8.36. The number of nitrogens with one attached hydrogen (secondary N) is 1. The second-order valence-electron chi connectivity index (χ2n) is 9.72. The number of hydrogen-bond donors (Lipinski definition) is 1. The number of aromatic nitrogens is 3. The van der Waals surface area contributed by atoms with Crippen molar-refractivity contribution in [2.75, 3.05) is 59.7 Å². The van der Waals surface area contributed by atoms with E-state index < -0.39 is 0 Å². The number of piperazine rings is 1. The van der Waals surface area contributed by atoms with Gasteiger partial charge in [-0.2, -0.15) is 5.10 Å². The zero-order valence-electron chi connectivity index (χ0n) is 20.7. The molecule has 1 atom stereocenters. The summed E-state index contributed by atoms with van der Waals surface area (Å²) in [4.78, 5) is 33.7. The van der Waals surface area contributed by atoms with Gasteiger partial charge in [0.05, 0.1) is 35.3 Å². The van der Waals surface area contributed by atoms with Gasteiger partial charge in [-0.25, -0.2) is 0 Å². The molecule has 0 unspecified atom stereocenters. The summed E-state index contributed by atoms with van der Waals surface area (Å²) in [6, 6.07) is 3.96. The van der Waals surface area contributed by atoms with Crippen LogP contribution in [0.15, 0.2) is 23.1 Å². The fourth-order valence-corrected chi connectivity index (χ4v) is 5.32. The number of benzene rings is 1. The number of hydrogen-bond acceptors (Lipinski definition) is 6. The smallest absolute Gasteiger partial charge is 0.259 e. The number of nitrogens with zero attached hydrogens (tertiary/aromatic N) is 4. The van der Waals surface area contributed by atoms with Crippen LogP contribution < -0.4 is 5.56 Å². The van der Waals surface area contributed by atoms with Crippen LogP contribution in [0.3, 0.4) is 0 Å². The molecule has 1 aromatic carbocycles. The average Bonchev–Trinajstić information content (AvgIpc) is 3.54. The number of amides is 1. The Labute approximate surface area is 212 Å². The molecule has 1 amide bonds. The van der Waals surface area contributed by atoms with E-state index in [9.17, 15) is 9.59 Å². The monoisotopic (exact) mass is 497 g/mol. The predicted molar refractivity (Wildman–Crippen MR) is 142 cm³/mol. The van der Waals surface area contributed by atoms with Gasteiger partial charge in [-0.3, -0.25) is 19.2 Å². The van der Waals surface area contributed by atoms with E-state index in [1.807, 2.05) is 28.6 Å². The van der Waals surface area contributed by atoms with E-state index in [4.69, 9.17) is 9.47 Å². The number of carbonyl (C=O) groups excluding carboxylic acids is 1. The van der Waals surface area contributed by atoms with E-state index in [2.05, 4.69) is 15.0 Å². The van der Waals surface area contributed by atoms with Gasteiger partial charge in [0.25, 0.3) is 11.5 Å². The first-order valence-electron chi connectivity index (χ1n) is 12.7. The van der Waals surface area contributed by atoms with Crippen molar-refractivity contribution >= 4 is 27.7 Å². The molecule has 36 heavy (non-hydrogen) atoms. The number of unbranched alkanes of at least 4 members (excludes halogenated alkanes) is 2. The van der Waals surface area contributed by atoms with Crippen LogP contribution in [-0.2, 0) is 9.47 Å². The molecule has 9 nitrogen and oxygen atoms in total. The minimum Gasteiger partial charge on any atom is -0.385 e. The summed E-state index contributed by atoms with van der Waals surface area (Å²) < 4.78 is 12.6. The molecular formula is C27H39N5O4. The van der Waals surface area contributed by atoms with E-state index in [-0.39, 0.29) is 24.9 Å². The highest BCUT2D eigenvalue weighted by molar-refractivity contribution is 6.07. The quantitative estimate of drug-likeness (QED) is 0.480. The fourth-order valence-electron chi connectivity index (χ4n) is 5.32. The van der Waals surface area contributed by atoms with Gasteiger partial charge >= 0.3 is 0 Å². The molecule has 2 aliphatic heterocycles. The number of ether oxygens (including phenoxy) is 2. The fraction of sp³-hybridized carbons (Fsp3) is 0.593. The number of carbonyl (C=O) groups is 1. The van der Waals surface area contributed by atoms with Crippen LogP contribution in [0.5, 0.6) is 0 Å². The van der Waals surface area contributed by atoms with E-state index in [0.717, 1.165) is 80.6 Å². The largest absolute Gasteiger partial charge is 0.385 e. The highest BCUT2D eigenvalue weighted by Gasteiger charge is 2.26. The molecule has 5 rings (SSSR count). The van der Waals surface area contributed by atoms with Crippen LogP contribution >= 0.6 is 0 Å². The van der Waals surface area contributed by atoms with Gasteiger partial charge < -0.3 is 19.4 Å². The van der Waals surface area contributed by atoms with Crippen molar-refractivity contribution in [1.82, 2.24) is 24.6 Å². The maximum Gasteiger partial charge on any atom is 0.259 e. The van der Waals surface area contributed by atoms with Gasteiger partial charge in [-0.15, -0.1) is 0 Å². The minimum atomic E-state index is -0.158. The van der Waals surface area contributed by atoms with Gasteiger partial charge in [-0.1, -0.05) is 7.43 Å². The van der Waals surface area contributed by atoms with Gasteiger partial charge in [-0.05, 0) is 56.8 Å². The first kappa shape index (κ1) is 26.3. The summed E-state index contributed by atoms with van der Waals surface area (Å²) in [7, 11) is 1.74. The third-order valence-corrected chi connectivity index (χ3v) is 7.37. The molecule has 2 fully saturated rings. The number of rotatable bonds is 8. The molecule has 0 bridgehead atoms. The van der Waals surface area contributed by atoms with Crippen molar-refractivity contribution in [2.24, 2.45) is 0 Å². The van der Waals surface area contributed by atoms with Crippen molar-refractivity contribution < 1.29 is 14.3 Å². The third kappa shape index (κ3) is 5.19. The number of fused-ring (bicyclic) bond motifs is 3. The Balaban J connectivity index is 0.00000304. The van der Waals surface area contributed by atoms with Crippen molar-refractivity contribution in [2.45, 2.75) is 46.1 Å². The highest BCUT2D eigenvalue weighted by Crippen LogP contribution is 2.29. The van der Waals surface area contributed by atoms with E-state index in [1.165, 1.54) is 6.42 Å². The van der Waals surface area contributed by atoms with Crippen molar-refractivity contribution in [3.05, 3.63) is 39.8 Å². The molecule has 4 heterocycles. The Morgan fingerprint density at radius 2 is 1.97 bits per heavy atom. The molecule has 196 valence electrons. The normalized spacial score (nSPS) is 18.7. The molecule has 3 aromatic rings. The Kier molecular flexibility index (Phi) is 8.43. The number of pyridine rings is 1. The van der Waals surface area contributed by atoms with Crippen LogP contribution in [-0.4, -0.2) is 90.1 Å². The Bertz CT molecular complexity index is 1250. The predicted octanol–water partition coefficient (Wildman–Crippen LogP) is 3.36. The maximum absolute atomic E-state index is 13.6. The topological polar surface area (TPSA) is 92.7 Å². The SMILES string of the molecule is C.COCCCCCN1CCN(C(=O)c2cc3c(cc2C)[nH]c(=O)c2cnn([C@H]4CCOC4)c23)CC1. The summed E-state index contributed by atoms with van der Waals surface area (Å²) in [5, 5.41) is 5.93. The lowest BCUT2D eigenvalue weighted by atomic mass is 10.0. The average molecular weight is 498 g/mol. The highest BCUT2D eigenvalue weighted by atomic mass is 16.5. The second kappa shape index (κ2) is 11.5. The summed E-state index contributed by atoms with van der Waals surface area (Å²) in [6.07, 6.45) is 5.92. The first-order valence-corrected chi connectivity index (χ1v) is 12.7. The lowest BCUT2D eigenvalue weighted by Crippen LogP contribution is -2.49. The third-order valence-electron chi connectivity index (χ3n) is 7.37. The second-order valence-corrected chi connectivity index (χ2v) is 9.72. The number of aryl methyl sites for hydroxylation is 1.